The predicted octanol–water partition coefficient (Wildman–Crippen LogP) is 1.65. The maximum Gasteiger partial charge on any atom is 0.475 e. The first-order valence-corrected chi connectivity index (χ1v) is 11.3. The Morgan fingerprint density at radius 3 is 2.77 bits per heavy atom. The fraction of sp³-hybridized carbons (Fsp3) is 0.722. The van der Waals surface area contributed by atoms with Gasteiger partial charge in [-0.25, -0.2) is 9.36 Å². The molecule has 1 N–H and O–H groups in total. The Labute approximate surface area is 173 Å². The molecule has 3 heterocycles. The van der Waals surface area contributed by atoms with Gasteiger partial charge in [0.25, 0.3) is 5.56 Å². The van der Waals surface area contributed by atoms with Crippen molar-refractivity contribution in [2.45, 2.75) is 65.1 Å². The molecule has 0 aliphatic carbocycles. The zero-order valence-electron chi connectivity index (χ0n) is 17.4. The number of fused-ring (bicyclic) bond motifs is 1. The summed E-state index contributed by atoms with van der Waals surface area (Å²) in [5.41, 5.74) is -0.697. The summed E-state index contributed by atoms with van der Waals surface area (Å²) >= 11 is 0. The lowest BCUT2D eigenvalue weighted by molar-refractivity contribution is -0.152. The van der Waals surface area contributed by atoms with E-state index in [1.165, 1.54) is 10.8 Å². The van der Waals surface area contributed by atoms with Crippen molar-refractivity contribution < 1.29 is 32.4 Å². The van der Waals surface area contributed by atoms with E-state index in [9.17, 15) is 18.9 Å². The van der Waals surface area contributed by atoms with E-state index >= 15 is 0 Å². The van der Waals surface area contributed by atoms with Gasteiger partial charge in [0.1, 0.15) is 18.4 Å². The number of hydrogen-bond acceptors (Lipinski definition) is 9. The highest BCUT2D eigenvalue weighted by atomic mass is 31.2. The molecule has 30 heavy (non-hydrogen) atoms. The number of esters is 1. The number of hydrogen-bond donors (Lipinski definition) is 1. The number of aromatic amines is 1. The number of H-pyrrole nitrogens is 1. The van der Waals surface area contributed by atoms with Crippen LogP contribution in [0.2, 0.25) is 0 Å². The molecule has 2 unspecified atom stereocenters. The highest BCUT2D eigenvalue weighted by Gasteiger charge is 2.48. The van der Waals surface area contributed by atoms with Gasteiger partial charge >= 0.3 is 19.5 Å². The van der Waals surface area contributed by atoms with Crippen LogP contribution in [0.3, 0.4) is 0 Å². The Morgan fingerprint density at radius 1 is 1.33 bits per heavy atom. The quantitative estimate of drug-likeness (QED) is 0.490. The molecule has 0 bridgehead atoms. The van der Waals surface area contributed by atoms with Crippen molar-refractivity contribution in [2.24, 2.45) is 5.92 Å². The second kappa shape index (κ2) is 9.15. The largest absolute Gasteiger partial charge is 0.475 e. The molecule has 12 heteroatoms. The number of nitrogens with zero attached hydrogens (tertiary/aromatic N) is 1. The molecule has 0 aromatic carbocycles. The van der Waals surface area contributed by atoms with Gasteiger partial charge in [-0.1, -0.05) is 6.92 Å². The van der Waals surface area contributed by atoms with Crippen molar-refractivity contribution in [3.05, 3.63) is 32.6 Å². The summed E-state index contributed by atoms with van der Waals surface area (Å²) < 4.78 is 41.1. The number of aromatic nitrogens is 2. The molecule has 1 aromatic rings. The lowest BCUT2D eigenvalue weighted by atomic mass is 10.1. The van der Waals surface area contributed by atoms with Gasteiger partial charge in [0.2, 0.25) is 0 Å². The summed E-state index contributed by atoms with van der Waals surface area (Å²) in [5.74, 6) is -0.780. The number of nitrogens with one attached hydrogen (secondary N) is 1. The van der Waals surface area contributed by atoms with Crippen LogP contribution in [0.15, 0.2) is 15.8 Å². The third-order valence-corrected chi connectivity index (χ3v) is 6.35. The molecule has 0 spiro atoms. The molecule has 0 amide bonds. The van der Waals surface area contributed by atoms with Crippen molar-refractivity contribution in [1.29, 1.82) is 0 Å². The second-order valence-electron chi connectivity index (χ2n) is 7.74. The first kappa shape index (κ1) is 22.9. The van der Waals surface area contributed by atoms with Crippen molar-refractivity contribution in [3.63, 3.8) is 0 Å². The summed E-state index contributed by atoms with van der Waals surface area (Å²) in [4.78, 5) is 37.7. The monoisotopic (exact) mass is 446 g/mol. The molecule has 2 aliphatic heterocycles. The second-order valence-corrected chi connectivity index (χ2v) is 9.36. The Bertz CT molecular complexity index is 940. The van der Waals surface area contributed by atoms with Crippen molar-refractivity contribution >= 4 is 13.8 Å². The SMILES string of the molecule is Cc1cn([C@H]2C[C@@H]3OP(=O)(OCCC(C)C(=O)OC(C)C)OC[C@H]3O2)c(=O)[nH]c1=O. The Hall–Kier alpha value is -1.78. The van der Waals surface area contributed by atoms with E-state index < -0.39 is 43.4 Å². The van der Waals surface area contributed by atoms with Gasteiger partial charge < -0.3 is 9.47 Å². The molecular weight excluding hydrogens is 419 g/mol. The third kappa shape index (κ3) is 5.28. The summed E-state index contributed by atoms with van der Waals surface area (Å²) in [7, 11) is -3.82. The topological polar surface area (TPSA) is 135 Å². The molecule has 0 saturated carbocycles. The fourth-order valence-corrected chi connectivity index (χ4v) is 4.58. The van der Waals surface area contributed by atoms with E-state index in [0.717, 1.165) is 0 Å². The maximum absolute atomic E-state index is 12.8. The number of carbonyl (C=O) groups is 1. The summed E-state index contributed by atoms with van der Waals surface area (Å²) in [6.07, 6.45) is -0.0839. The van der Waals surface area contributed by atoms with E-state index in [2.05, 4.69) is 4.98 Å². The number of rotatable bonds is 7. The molecule has 11 nitrogen and oxygen atoms in total. The van der Waals surface area contributed by atoms with Crippen LogP contribution in [0.25, 0.3) is 0 Å². The first-order chi connectivity index (χ1) is 14.1. The van der Waals surface area contributed by atoms with Crippen molar-refractivity contribution in [2.75, 3.05) is 13.2 Å². The van der Waals surface area contributed by atoms with Crippen LogP contribution in [-0.2, 0) is 32.4 Å². The summed E-state index contributed by atoms with van der Waals surface area (Å²) in [5, 5.41) is 0. The third-order valence-electron chi connectivity index (χ3n) is 4.85. The predicted molar refractivity (Wildman–Crippen MR) is 104 cm³/mol. The standard InChI is InChI=1S/C18H27N2O9P/c1-10(2)27-17(22)11(3)5-6-25-30(24)26-9-14-13(29-30)7-15(28-14)20-8-12(4)16(21)19-18(20)23/h8,10-11,13-15H,5-7,9H2,1-4H3,(H,19,21,23)/t11?,13-,14+,15+,30?/m0/s1. The number of aryl methyl sites for hydroxylation is 1. The summed E-state index contributed by atoms with van der Waals surface area (Å²) in [6.45, 7) is 6.77. The zero-order valence-corrected chi connectivity index (χ0v) is 18.3. The van der Waals surface area contributed by atoms with Gasteiger partial charge in [0, 0.05) is 18.2 Å². The van der Waals surface area contributed by atoms with E-state index in [1.54, 1.807) is 27.7 Å². The molecule has 1 aromatic heterocycles. The smallest absolute Gasteiger partial charge is 0.463 e. The molecule has 0 radical (unpaired) electrons. The number of carbonyl (C=O) groups excluding carboxylic acids is 1. The van der Waals surface area contributed by atoms with Gasteiger partial charge in [-0.3, -0.25) is 32.7 Å². The Kier molecular flexibility index (Phi) is 6.98. The van der Waals surface area contributed by atoms with Crippen LogP contribution < -0.4 is 11.2 Å². The van der Waals surface area contributed by atoms with Gasteiger partial charge in [-0.05, 0) is 27.2 Å². The zero-order chi connectivity index (χ0) is 22.1. The van der Waals surface area contributed by atoms with Gasteiger partial charge in [-0.15, -0.1) is 0 Å². The van der Waals surface area contributed by atoms with E-state index in [1.807, 2.05) is 0 Å². The molecule has 2 saturated heterocycles. The van der Waals surface area contributed by atoms with Crippen molar-refractivity contribution in [1.82, 2.24) is 9.55 Å². The van der Waals surface area contributed by atoms with Crippen molar-refractivity contribution in [3.8, 4) is 0 Å². The van der Waals surface area contributed by atoms with Crippen LogP contribution in [0.5, 0.6) is 0 Å². The fourth-order valence-electron chi connectivity index (χ4n) is 3.17. The molecule has 2 fully saturated rings. The van der Waals surface area contributed by atoms with E-state index in [4.69, 9.17) is 23.0 Å². The van der Waals surface area contributed by atoms with Gasteiger partial charge in [0.05, 0.1) is 25.2 Å². The number of phosphoric ester groups is 1. The lowest BCUT2D eigenvalue weighted by Crippen LogP contribution is -2.34. The van der Waals surface area contributed by atoms with Crippen LogP contribution in [0.4, 0.5) is 0 Å². The normalized spacial score (nSPS) is 29.6. The minimum absolute atomic E-state index is 0.00805. The van der Waals surface area contributed by atoms with Crippen LogP contribution in [0, 0.1) is 12.8 Å². The molecule has 168 valence electrons. The van der Waals surface area contributed by atoms with E-state index in [0.29, 0.717) is 12.0 Å². The average molecular weight is 446 g/mol. The minimum atomic E-state index is -3.82. The maximum atomic E-state index is 12.8. The number of ether oxygens (including phenoxy) is 2. The van der Waals surface area contributed by atoms with Gasteiger partial charge in [0.15, 0.2) is 0 Å². The highest BCUT2D eigenvalue weighted by Crippen LogP contribution is 2.56. The van der Waals surface area contributed by atoms with Crippen LogP contribution in [-0.4, -0.2) is 47.0 Å². The molecule has 3 rings (SSSR count). The summed E-state index contributed by atoms with van der Waals surface area (Å²) in [6, 6.07) is 0. The molecular formula is C18H27N2O9P. The van der Waals surface area contributed by atoms with E-state index in [-0.39, 0.29) is 31.7 Å². The first-order valence-electron chi connectivity index (χ1n) is 9.83. The Balaban J connectivity index is 1.56. The molecule has 5 atom stereocenters. The Morgan fingerprint density at radius 2 is 2.07 bits per heavy atom. The van der Waals surface area contributed by atoms with Crippen LogP contribution in [0.1, 0.15) is 45.4 Å². The van der Waals surface area contributed by atoms with Crippen LogP contribution >= 0.6 is 7.82 Å². The number of phosphoric acid groups is 1. The highest BCUT2D eigenvalue weighted by molar-refractivity contribution is 7.48. The van der Waals surface area contributed by atoms with Gasteiger partial charge in [-0.2, -0.15) is 0 Å². The lowest BCUT2D eigenvalue weighted by Gasteiger charge is -2.30. The molecule has 2 aliphatic rings. The minimum Gasteiger partial charge on any atom is -0.463 e. The average Bonchev–Trinajstić information content (AvgIpc) is 3.06.